The van der Waals surface area contributed by atoms with Crippen LogP contribution in [0.4, 0.5) is 5.95 Å². The summed E-state index contributed by atoms with van der Waals surface area (Å²) in [6.45, 7) is 5.50. The summed E-state index contributed by atoms with van der Waals surface area (Å²) in [7, 11) is 0. The van der Waals surface area contributed by atoms with Crippen molar-refractivity contribution in [2.45, 2.75) is 39.2 Å². The Hall–Kier alpha value is -2.63. The van der Waals surface area contributed by atoms with Gasteiger partial charge in [0.1, 0.15) is 5.60 Å². The van der Waals surface area contributed by atoms with Crippen molar-refractivity contribution < 1.29 is 9.53 Å². The number of hydrogen-bond acceptors (Lipinski definition) is 5. The molecule has 6 heteroatoms. The van der Waals surface area contributed by atoms with Crippen LogP contribution in [0, 0.1) is 0 Å². The molecule has 1 aromatic carbocycles. The summed E-state index contributed by atoms with van der Waals surface area (Å²) in [5.41, 5.74) is 6.94. The van der Waals surface area contributed by atoms with Crippen LogP contribution in [0.15, 0.2) is 35.1 Å². The maximum atomic E-state index is 11.9. The van der Waals surface area contributed by atoms with Crippen LogP contribution in [0.1, 0.15) is 42.4 Å². The fraction of sp³-hybridized carbons (Fsp3) is 0.353. The Labute approximate surface area is 134 Å². The summed E-state index contributed by atoms with van der Waals surface area (Å²) in [6.07, 6.45) is 1.30. The first-order valence-corrected chi connectivity index (χ1v) is 7.41. The lowest BCUT2D eigenvalue weighted by molar-refractivity contribution is 0.00695. The van der Waals surface area contributed by atoms with Crippen LogP contribution >= 0.6 is 0 Å². The molecule has 0 atom stereocenters. The molecule has 0 saturated heterocycles. The van der Waals surface area contributed by atoms with E-state index in [0.717, 1.165) is 5.56 Å². The van der Waals surface area contributed by atoms with Gasteiger partial charge in [0, 0.05) is 6.07 Å². The zero-order valence-electron chi connectivity index (χ0n) is 13.6. The van der Waals surface area contributed by atoms with Crippen molar-refractivity contribution in [1.82, 2.24) is 9.97 Å². The van der Waals surface area contributed by atoms with Gasteiger partial charge in [-0.3, -0.25) is 9.78 Å². The average molecular weight is 315 g/mol. The standard InChI is InChI=1S/C17H21N3O3/c1-17(2,3)23-15(22)12-7-4-11(5-8-12)6-9-13-10-14(21)20-16(18)19-13/h4-5,7-8,10H,6,9H2,1-3H3,(H3,18,19,20,21). The molecule has 1 heterocycles. The number of carbonyl (C=O) groups excluding carboxylic acids is 1. The summed E-state index contributed by atoms with van der Waals surface area (Å²) >= 11 is 0. The number of esters is 1. The predicted octanol–water partition coefficient (Wildman–Crippen LogP) is 2.09. The molecular weight excluding hydrogens is 294 g/mol. The topological polar surface area (TPSA) is 98.1 Å². The first-order chi connectivity index (χ1) is 10.7. The van der Waals surface area contributed by atoms with Crippen LogP contribution in [-0.2, 0) is 17.6 Å². The van der Waals surface area contributed by atoms with Crippen molar-refractivity contribution in [1.29, 1.82) is 0 Å². The zero-order valence-corrected chi connectivity index (χ0v) is 13.6. The van der Waals surface area contributed by atoms with Crippen molar-refractivity contribution in [3.05, 3.63) is 57.5 Å². The van der Waals surface area contributed by atoms with E-state index < -0.39 is 5.60 Å². The van der Waals surface area contributed by atoms with E-state index in [1.807, 2.05) is 32.9 Å². The highest BCUT2D eigenvalue weighted by molar-refractivity contribution is 5.89. The van der Waals surface area contributed by atoms with Crippen LogP contribution in [0.3, 0.4) is 0 Å². The first-order valence-electron chi connectivity index (χ1n) is 7.41. The smallest absolute Gasteiger partial charge is 0.338 e. The number of ether oxygens (including phenoxy) is 1. The molecule has 6 nitrogen and oxygen atoms in total. The van der Waals surface area contributed by atoms with E-state index in [2.05, 4.69) is 9.97 Å². The molecule has 0 bridgehead atoms. The van der Waals surface area contributed by atoms with Gasteiger partial charge in [0.05, 0.1) is 11.3 Å². The number of hydrogen-bond donors (Lipinski definition) is 2. The molecule has 0 amide bonds. The van der Waals surface area contributed by atoms with Gasteiger partial charge >= 0.3 is 5.97 Å². The molecule has 2 rings (SSSR count). The molecule has 0 aliphatic rings. The fourth-order valence-electron chi connectivity index (χ4n) is 2.07. The number of carbonyl (C=O) groups is 1. The normalized spacial score (nSPS) is 11.3. The molecule has 0 aliphatic heterocycles. The lowest BCUT2D eigenvalue weighted by atomic mass is 10.1. The minimum Gasteiger partial charge on any atom is -0.456 e. The lowest BCUT2D eigenvalue weighted by Crippen LogP contribution is -2.23. The monoisotopic (exact) mass is 315 g/mol. The Morgan fingerprint density at radius 3 is 2.43 bits per heavy atom. The lowest BCUT2D eigenvalue weighted by Gasteiger charge is -2.19. The summed E-state index contributed by atoms with van der Waals surface area (Å²) in [5, 5.41) is 0. The van der Waals surface area contributed by atoms with Crippen molar-refractivity contribution >= 4 is 11.9 Å². The van der Waals surface area contributed by atoms with E-state index in [1.54, 1.807) is 12.1 Å². The molecule has 0 unspecified atom stereocenters. The second-order valence-corrected chi connectivity index (χ2v) is 6.32. The van der Waals surface area contributed by atoms with Gasteiger partial charge in [0.2, 0.25) is 5.95 Å². The highest BCUT2D eigenvalue weighted by atomic mass is 16.6. The SMILES string of the molecule is CC(C)(C)OC(=O)c1ccc(CCc2cc(=O)[nH]c(N)n2)cc1. The zero-order chi connectivity index (χ0) is 17.0. The number of anilines is 1. The number of aromatic amines is 1. The van der Waals surface area contributed by atoms with Crippen molar-refractivity contribution in [3.8, 4) is 0 Å². The molecule has 122 valence electrons. The number of rotatable bonds is 4. The van der Waals surface area contributed by atoms with Crippen molar-refractivity contribution in [2.24, 2.45) is 0 Å². The Morgan fingerprint density at radius 1 is 1.22 bits per heavy atom. The van der Waals surface area contributed by atoms with E-state index in [9.17, 15) is 9.59 Å². The molecule has 0 saturated carbocycles. The fourth-order valence-corrected chi connectivity index (χ4v) is 2.07. The van der Waals surface area contributed by atoms with Gasteiger partial charge in [0.15, 0.2) is 0 Å². The highest BCUT2D eigenvalue weighted by Crippen LogP contribution is 2.13. The maximum Gasteiger partial charge on any atom is 0.338 e. The molecule has 0 spiro atoms. The number of aromatic nitrogens is 2. The summed E-state index contributed by atoms with van der Waals surface area (Å²) in [6, 6.07) is 8.66. The van der Waals surface area contributed by atoms with Crippen molar-refractivity contribution in [2.75, 3.05) is 5.73 Å². The number of nitrogen functional groups attached to an aromatic ring is 1. The minimum atomic E-state index is -0.512. The third kappa shape index (κ3) is 5.25. The molecule has 23 heavy (non-hydrogen) atoms. The molecule has 0 fully saturated rings. The van der Waals surface area contributed by atoms with E-state index >= 15 is 0 Å². The van der Waals surface area contributed by atoms with E-state index in [1.165, 1.54) is 6.07 Å². The van der Waals surface area contributed by atoms with Gasteiger partial charge in [0.25, 0.3) is 5.56 Å². The summed E-state index contributed by atoms with van der Waals surface area (Å²) in [5.74, 6) is -0.221. The summed E-state index contributed by atoms with van der Waals surface area (Å²) in [4.78, 5) is 29.8. The van der Waals surface area contributed by atoms with Gasteiger partial charge in [-0.15, -0.1) is 0 Å². The van der Waals surface area contributed by atoms with Crippen LogP contribution in [0.25, 0.3) is 0 Å². The minimum absolute atomic E-state index is 0.118. The molecular formula is C17H21N3O3. The quantitative estimate of drug-likeness (QED) is 0.842. The van der Waals surface area contributed by atoms with Crippen LogP contribution in [0.2, 0.25) is 0 Å². The molecule has 0 radical (unpaired) electrons. The van der Waals surface area contributed by atoms with E-state index in [0.29, 0.717) is 24.1 Å². The Balaban J connectivity index is 2.00. The molecule has 0 aliphatic carbocycles. The van der Waals surface area contributed by atoms with Gasteiger partial charge in [-0.25, -0.2) is 9.78 Å². The first kappa shape index (κ1) is 16.7. The molecule has 2 aromatic rings. The van der Waals surface area contributed by atoms with Crippen LogP contribution < -0.4 is 11.3 Å². The third-order valence-electron chi connectivity index (χ3n) is 3.07. The Morgan fingerprint density at radius 2 is 1.87 bits per heavy atom. The second-order valence-electron chi connectivity index (χ2n) is 6.32. The Bertz CT molecular complexity index is 743. The predicted molar refractivity (Wildman–Crippen MR) is 88.3 cm³/mol. The number of nitrogens with two attached hydrogens (primary N) is 1. The number of nitrogens with one attached hydrogen (secondary N) is 1. The average Bonchev–Trinajstić information content (AvgIpc) is 2.43. The van der Waals surface area contributed by atoms with Crippen LogP contribution in [0.5, 0.6) is 0 Å². The number of aryl methyl sites for hydroxylation is 2. The van der Waals surface area contributed by atoms with Crippen LogP contribution in [-0.4, -0.2) is 21.5 Å². The Kier molecular flexibility index (Phi) is 4.83. The summed E-state index contributed by atoms with van der Waals surface area (Å²) < 4.78 is 5.32. The molecule has 3 N–H and O–H groups in total. The van der Waals surface area contributed by atoms with Crippen molar-refractivity contribution in [3.63, 3.8) is 0 Å². The third-order valence-corrected chi connectivity index (χ3v) is 3.07. The number of nitrogens with zero attached hydrogens (tertiary/aromatic N) is 1. The molecule has 1 aromatic heterocycles. The van der Waals surface area contributed by atoms with E-state index in [-0.39, 0.29) is 17.5 Å². The maximum absolute atomic E-state index is 11.9. The van der Waals surface area contributed by atoms with Gasteiger partial charge in [-0.1, -0.05) is 12.1 Å². The number of H-pyrrole nitrogens is 1. The second kappa shape index (κ2) is 6.64. The van der Waals surface area contributed by atoms with Gasteiger partial charge in [-0.2, -0.15) is 0 Å². The number of benzene rings is 1. The van der Waals surface area contributed by atoms with E-state index in [4.69, 9.17) is 10.5 Å². The van der Waals surface area contributed by atoms with Gasteiger partial charge in [-0.05, 0) is 51.3 Å². The largest absolute Gasteiger partial charge is 0.456 e. The van der Waals surface area contributed by atoms with Gasteiger partial charge < -0.3 is 10.5 Å². The highest BCUT2D eigenvalue weighted by Gasteiger charge is 2.17.